The first-order valence-electron chi connectivity index (χ1n) is 9.99. The first-order chi connectivity index (χ1) is 14.0. The molecule has 29 heavy (non-hydrogen) atoms. The highest BCUT2D eigenvalue weighted by Crippen LogP contribution is 2.30. The minimum absolute atomic E-state index is 0.113. The molecule has 0 amide bonds. The average molecular weight is 405 g/mol. The smallest absolute Gasteiger partial charge is 0.115 e. The van der Waals surface area contributed by atoms with Crippen molar-refractivity contribution in [3.63, 3.8) is 0 Å². The number of halogens is 1. The van der Waals surface area contributed by atoms with Crippen molar-refractivity contribution in [1.82, 2.24) is 0 Å². The zero-order valence-electron chi connectivity index (χ0n) is 16.8. The number of aromatic hydroxyl groups is 1. The van der Waals surface area contributed by atoms with Gasteiger partial charge >= 0.3 is 0 Å². The van der Waals surface area contributed by atoms with Gasteiger partial charge in [0.15, 0.2) is 0 Å². The van der Waals surface area contributed by atoms with Gasteiger partial charge in [0, 0.05) is 35.4 Å². The molecule has 0 saturated heterocycles. The molecule has 4 heteroatoms. The monoisotopic (exact) mass is 404 g/mol. The Labute approximate surface area is 177 Å². The van der Waals surface area contributed by atoms with E-state index in [1.165, 1.54) is 11.1 Å². The fraction of sp³-hybridized carbons (Fsp3) is 0.240. The second-order valence-electron chi connectivity index (χ2n) is 7.59. The molecule has 0 saturated carbocycles. The lowest BCUT2D eigenvalue weighted by Crippen LogP contribution is -2.28. The number of nitrogens with zero attached hydrogens (tertiary/aromatic N) is 2. The molecule has 0 fully saturated rings. The van der Waals surface area contributed by atoms with Gasteiger partial charge in [0.05, 0.1) is 11.8 Å². The van der Waals surface area contributed by atoms with E-state index in [1.807, 2.05) is 24.3 Å². The number of likely N-dealkylation sites (N-methyl/N-ethyl adjacent to an activating group) is 1. The summed E-state index contributed by atoms with van der Waals surface area (Å²) in [6, 6.07) is 22.1. The number of benzene rings is 3. The topological polar surface area (TPSA) is 35.8 Å². The summed E-state index contributed by atoms with van der Waals surface area (Å²) in [5, 5.41) is 10.4. The Balaban J connectivity index is 1.76. The average Bonchev–Trinajstić information content (AvgIpc) is 2.85. The van der Waals surface area contributed by atoms with Crippen LogP contribution in [0, 0.1) is 0 Å². The van der Waals surface area contributed by atoms with E-state index in [4.69, 9.17) is 16.6 Å². The van der Waals surface area contributed by atoms with Crippen molar-refractivity contribution in [2.24, 2.45) is 4.99 Å². The van der Waals surface area contributed by atoms with Crippen molar-refractivity contribution in [3.05, 3.63) is 94.0 Å². The molecule has 3 aromatic carbocycles. The Morgan fingerprint density at radius 1 is 1.00 bits per heavy atom. The normalized spacial score (nSPS) is 16.2. The van der Waals surface area contributed by atoms with Crippen LogP contribution in [-0.2, 0) is 12.8 Å². The summed E-state index contributed by atoms with van der Waals surface area (Å²) in [6.45, 7) is 3.00. The van der Waals surface area contributed by atoms with E-state index in [1.54, 1.807) is 12.1 Å². The predicted octanol–water partition coefficient (Wildman–Crippen LogP) is 5.51. The van der Waals surface area contributed by atoms with E-state index in [0.717, 1.165) is 41.9 Å². The van der Waals surface area contributed by atoms with Gasteiger partial charge in [-0.3, -0.25) is 4.99 Å². The molecule has 4 rings (SSSR count). The molecule has 0 spiro atoms. The van der Waals surface area contributed by atoms with Gasteiger partial charge in [-0.2, -0.15) is 0 Å². The summed E-state index contributed by atoms with van der Waals surface area (Å²) in [6.07, 6.45) is 1.92. The van der Waals surface area contributed by atoms with E-state index >= 15 is 0 Å². The number of aryl methyl sites for hydroxylation is 1. The molecule has 1 atom stereocenters. The SMILES string of the molecule is CCc1ccc(CC2CN(C)c3ccc(Cl)cc3C(c3ccc(O)cc3)=N2)cc1. The van der Waals surface area contributed by atoms with E-state index in [2.05, 4.69) is 49.2 Å². The lowest BCUT2D eigenvalue weighted by Gasteiger charge is -2.22. The van der Waals surface area contributed by atoms with E-state index in [9.17, 15) is 5.11 Å². The van der Waals surface area contributed by atoms with Gasteiger partial charge in [-0.1, -0.05) is 42.8 Å². The molecule has 1 aliphatic heterocycles. The van der Waals surface area contributed by atoms with Gasteiger partial charge in [0.2, 0.25) is 0 Å². The highest BCUT2D eigenvalue weighted by atomic mass is 35.5. The number of hydrogen-bond acceptors (Lipinski definition) is 3. The Bertz CT molecular complexity index is 1030. The Kier molecular flexibility index (Phi) is 5.59. The van der Waals surface area contributed by atoms with Crippen LogP contribution < -0.4 is 4.90 Å². The number of aliphatic imine (C=N–C) groups is 1. The highest BCUT2D eigenvalue weighted by Gasteiger charge is 2.23. The van der Waals surface area contributed by atoms with Gasteiger partial charge in [0.25, 0.3) is 0 Å². The van der Waals surface area contributed by atoms with Crippen LogP contribution in [0.1, 0.15) is 29.2 Å². The predicted molar refractivity (Wildman–Crippen MR) is 122 cm³/mol. The van der Waals surface area contributed by atoms with Crippen LogP contribution in [0.4, 0.5) is 5.69 Å². The van der Waals surface area contributed by atoms with Gasteiger partial charge in [-0.15, -0.1) is 0 Å². The summed E-state index contributed by atoms with van der Waals surface area (Å²) in [7, 11) is 2.11. The van der Waals surface area contributed by atoms with Crippen LogP contribution in [0.3, 0.4) is 0 Å². The molecule has 148 valence electrons. The maximum atomic E-state index is 9.71. The van der Waals surface area contributed by atoms with Crippen molar-refractivity contribution in [1.29, 1.82) is 0 Å². The van der Waals surface area contributed by atoms with Crippen molar-refractivity contribution in [3.8, 4) is 5.75 Å². The van der Waals surface area contributed by atoms with Crippen molar-refractivity contribution < 1.29 is 5.11 Å². The molecule has 1 unspecified atom stereocenters. The van der Waals surface area contributed by atoms with Crippen LogP contribution in [-0.4, -0.2) is 30.5 Å². The van der Waals surface area contributed by atoms with Gasteiger partial charge in [-0.05, 0) is 66.4 Å². The quantitative estimate of drug-likeness (QED) is 0.622. The molecule has 3 nitrogen and oxygen atoms in total. The third-order valence-electron chi connectivity index (χ3n) is 5.46. The number of phenols is 1. The molecule has 3 aromatic rings. The van der Waals surface area contributed by atoms with Crippen LogP contribution in [0.5, 0.6) is 5.75 Å². The molecule has 0 aliphatic carbocycles. The third kappa shape index (κ3) is 4.30. The minimum atomic E-state index is 0.113. The third-order valence-corrected chi connectivity index (χ3v) is 5.70. The van der Waals surface area contributed by atoms with Crippen LogP contribution in [0.2, 0.25) is 5.02 Å². The molecular weight excluding hydrogens is 380 g/mol. The number of hydrogen-bond donors (Lipinski definition) is 1. The maximum Gasteiger partial charge on any atom is 0.115 e. The summed E-state index contributed by atoms with van der Waals surface area (Å²) in [5.41, 5.74) is 6.68. The van der Waals surface area contributed by atoms with Gasteiger partial charge < -0.3 is 10.0 Å². The van der Waals surface area contributed by atoms with Gasteiger partial charge in [0.1, 0.15) is 5.75 Å². The number of fused-ring (bicyclic) bond motifs is 1. The molecule has 0 bridgehead atoms. The molecule has 1 heterocycles. The summed E-state index contributed by atoms with van der Waals surface area (Å²) < 4.78 is 0. The van der Waals surface area contributed by atoms with Crippen LogP contribution in [0.25, 0.3) is 0 Å². The Morgan fingerprint density at radius 2 is 1.69 bits per heavy atom. The van der Waals surface area contributed by atoms with Crippen molar-refractivity contribution in [2.45, 2.75) is 25.8 Å². The molecule has 0 aromatic heterocycles. The van der Waals surface area contributed by atoms with Crippen LogP contribution >= 0.6 is 11.6 Å². The first-order valence-corrected chi connectivity index (χ1v) is 10.4. The molecule has 1 N–H and O–H groups in total. The number of benzodiazepines with no additional fused rings is 1. The maximum absolute atomic E-state index is 9.71. The standard InChI is InChI=1S/C25H25ClN2O/c1-3-17-4-6-18(7-5-17)14-21-16-28(2)24-13-10-20(26)15-23(24)25(27-21)19-8-11-22(29)12-9-19/h4-13,15,21,29H,3,14,16H2,1-2H3. The largest absolute Gasteiger partial charge is 0.508 e. The van der Waals surface area contributed by atoms with E-state index in [-0.39, 0.29) is 11.8 Å². The summed E-state index contributed by atoms with van der Waals surface area (Å²) >= 11 is 6.34. The Morgan fingerprint density at radius 3 is 2.38 bits per heavy atom. The molecule has 1 aliphatic rings. The zero-order valence-corrected chi connectivity index (χ0v) is 17.5. The lowest BCUT2D eigenvalue weighted by molar-refractivity contribution is 0.475. The molecular formula is C25H25ClN2O. The van der Waals surface area contributed by atoms with Gasteiger partial charge in [-0.25, -0.2) is 0 Å². The first kappa shape index (κ1) is 19.5. The number of rotatable bonds is 4. The summed E-state index contributed by atoms with van der Waals surface area (Å²) in [4.78, 5) is 7.44. The fourth-order valence-corrected chi connectivity index (χ4v) is 4.05. The molecule has 0 radical (unpaired) electrons. The second-order valence-corrected chi connectivity index (χ2v) is 8.03. The Hall–Kier alpha value is -2.78. The number of phenolic OH excluding ortho intramolecular Hbond substituents is 1. The minimum Gasteiger partial charge on any atom is -0.508 e. The highest BCUT2D eigenvalue weighted by molar-refractivity contribution is 6.31. The second kappa shape index (κ2) is 8.30. The lowest BCUT2D eigenvalue weighted by atomic mass is 10.00. The summed E-state index contributed by atoms with van der Waals surface area (Å²) in [5.74, 6) is 0.249. The van der Waals surface area contributed by atoms with Crippen molar-refractivity contribution >= 4 is 23.0 Å². The zero-order chi connectivity index (χ0) is 20.4. The van der Waals surface area contributed by atoms with E-state index in [0.29, 0.717) is 5.02 Å². The fourth-order valence-electron chi connectivity index (χ4n) is 3.88. The number of anilines is 1. The van der Waals surface area contributed by atoms with E-state index < -0.39 is 0 Å². The van der Waals surface area contributed by atoms with Crippen LogP contribution in [0.15, 0.2) is 71.7 Å². The van der Waals surface area contributed by atoms with Crippen molar-refractivity contribution in [2.75, 3.05) is 18.5 Å².